The summed E-state index contributed by atoms with van der Waals surface area (Å²) >= 11 is 0. The fourth-order valence-electron chi connectivity index (χ4n) is 3.01. The number of aliphatic hydroxyl groups excluding tert-OH is 3. The van der Waals surface area contributed by atoms with Crippen LogP contribution in [0.5, 0.6) is 5.75 Å². The second-order valence-electron chi connectivity index (χ2n) is 7.33. The molecule has 1 saturated heterocycles. The molecule has 5 atom stereocenters. The van der Waals surface area contributed by atoms with E-state index < -0.39 is 50.5 Å². The van der Waals surface area contributed by atoms with Gasteiger partial charge in [-0.2, -0.15) is 5.26 Å². The zero-order chi connectivity index (χ0) is 23.7. The van der Waals surface area contributed by atoms with E-state index in [0.29, 0.717) is 31.5 Å². The Hall–Kier alpha value is -2.23. The summed E-state index contributed by atoms with van der Waals surface area (Å²) in [4.78, 5) is 29.9. The van der Waals surface area contributed by atoms with Crippen molar-refractivity contribution in [3.8, 4) is 11.8 Å². The molecule has 12 nitrogen and oxygen atoms in total. The molecule has 1 fully saturated rings. The van der Waals surface area contributed by atoms with E-state index in [1.165, 1.54) is 24.3 Å². The third-order valence-corrected chi connectivity index (χ3v) is 5.58. The minimum absolute atomic E-state index is 0.230. The summed E-state index contributed by atoms with van der Waals surface area (Å²) in [5, 5.41) is 43.9. The van der Waals surface area contributed by atoms with E-state index in [4.69, 9.17) is 24.5 Å². The number of hydrogen-bond acceptors (Lipinski definition) is 8. The molecule has 7 N–H and O–H groups in total. The molecule has 32 heavy (non-hydrogen) atoms. The fourth-order valence-corrected chi connectivity index (χ4v) is 3.60. The molecule has 0 unspecified atom stereocenters. The minimum atomic E-state index is -4.34. The largest absolute Gasteiger partial charge is 0.462 e. The minimum Gasteiger partial charge on any atom is -0.462 e. The Morgan fingerprint density at radius 1 is 1.12 bits per heavy atom. The van der Waals surface area contributed by atoms with Crippen molar-refractivity contribution in [1.29, 1.82) is 5.26 Å². The van der Waals surface area contributed by atoms with Gasteiger partial charge in [-0.15, -0.1) is 0 Å². The first-order valence-electron chi connectivity index (χ1n) is 10.0. The SMILES string of the molecule is N#CCCCCNC(=O)Nc1ccc(O[C@H]2O[C@H](CCP(=O)(O)O)[C@@H](O)[C@H](O)[C@@H]2O)cc1. The van der Waals surface area contributed by atoms with E-state index in [0.717, 1.165) is 0 Å². The number of anilines is 1. The highest BCUT2D eigenvalue weighted by Crippen LogP contribution is 2.37. The molecule has 0 aliphatic carbocycles. The molecule has 2 amide bonds. The maximum Gasteiger partial charge on any atom is 0.325 e. The maximum atomic E-state index is 11.8. The number of ether oxygens (including phenoxy) is 2. The highest BCUT2D eigenvalue weighted by atomic mass is 31.2. The monoisotopic (exact) mass is 473 g/mol. The number of carbonyl (C=O) groups is 1. The number of hydrogen-bond donors (Lipinski definition) is 7. The molecular weight excluding hydrogens is 445 g/mol. The van der Waals surface area contributed by atoms with Crippen LogP contribution in [-0.2, 0) is 9.30 Å². The first-order valence-corrected chi connectivity index (χ1v) is 11.8. The molecule has 0 radical (unpaired) electrons. The molecule has 178 valence electrons. The third-order valence-electron chi connectivity index (χ3n) is 4.74. The first kappa shape index (κ1) is 26.0. The summed E-state index contributed by atoms with van der Waals surface area (Å²) in [6, 6.07) is 7.67. The molecule has 0 spiro atoms. The maximum absolute atomic E-state index is 11.8. The standard InChI is InChI=1S/C19H28N3O9P/c20-9-2-1-3-10-21-19(26)22-12-4-6-13(7-5-12)30-18-17(25)16(24)15(23)14(31-18)8-11-32(27,28)29/h4-7,14-18,23-25H,1-3,8,10-11H2,(H2,21,22,26)(H2,27,28,29)/t14-,15-,16+,17+,18+/m1/s1. The Morgan fingerprint density at radius 3 is 2.44 bits per heavy atom. The van der Waals surface area contributed by atoms with Crippen LogP contribution in [0.25, 0.3) is 0 Å². The van der Waals surface area contributed by atoms with Gasteiger partial charge in [-0.05, 0) is 43.5 Å². The van der Waals surface area contributed by atoms with Crippen LogP contribution in [0.15, 0.2) is 24.3 Å². The van der Waals surface area contributed by atoms with Gasteiger partial charge in [0.15, 0.2) is 0 Å². The third kappa shape index (κ3) is 8.37. The van der Waals surface area contributed by atoms with Gasteiger partial charge in [0.1, 0.15) is 24.1 Å². The highest BCUT2D eigenvalue weighted by molar-refractivity contribution is 7.51. The number of urea groups is 1. The molecule has 1 aliphatic heterocycles. The van der Waals surface area contributed by atoms with Crippen LogP contribution in [0.2, 0.25) is 0 Å². The molecule has 0 bridgehead atoms. The van der Waals surface area contributed by atoms with Gasteiger partial charge < -0.3 is 45.2 Å². The second kappa shape index (κ2) is 12.1. The van der Waals surface area contributed by atoms with E-state index >= 15 is 0 Å². The van der Waals surface area contributed by atoms with Crippen molar-refractivity contribution in [2.75, 3.05) is 18.0 Å². The average Bonchev–Trinajstić information content (AvgIpc) is 2.74. The van der Waals surface area contributed by atoms with Crippen molar-refractivity contribution in [1.82, 2.24) is 5.32 Å². The van der Waals surface area contributed by atoms with Crippen molar-refractivity contribution < 1.29 is 43.9 Å². The van der Waals surface area contributed by atoms with Crippen molar-refractivity contribution in [2.45, 2.75) is 56.4 Å². The number of nitrogens with zero attached hydrogens (tertiary/aromatic N) is 1. The lowest BCUT2D eigenvalue weighted by molar-refractivity contribution is -0.272. The lowest BCUT2D eigenvalue weighted by atomic mass is 9.97. The number of benzene rings is 1. The summed E-state index contributed by atoms with van der Waals surface area (Å²) in [5.41, 5.74) is 0.465. The first-order chi connectivity index (χ1) is 15.1. The van der Waals surface area contributed by atoms with E-state index in [9.17, 15) is 24.7 Å². The van der Waals surface area contributed by atoms with Crippen molar-refractivity contribution in [2.24, 2.45) is 0 Å². The molecule has 0 aromatic heterocycles. The lowest BCUT2D eigenvalue weighted by Crippen LogP contribution is -2.59. The molecule has 1 aromatic carbocycles. The Balaban J connectivity index is 1.89. The van der Waals surface area contributed by atoms with Gasteiger partial charge >= 0.3 is 13.6 Å². The Morgan fingerprint density at radius 2 is 1.81 bits per heavy atom. The predicted molar refractivity (Wildman–Crippen MR) is 112 cm³/mol. The van der Waals surface area contributed by atoms with Gasteiger partial charge in [0.2, 0.25) is 6.29 Å². The zero-order valence-electron chi connectivity index (χ0n) is 17.2. The smallest absolute Gasteiger partial charge is 0.325 e. The normalized spacial score (nSPS) is 25.6. The van der Waals surface area contributed by atoms with Crippen molar-refractivity contribution >= 4 is 19.3 Å². The van der Waals surface area contributed by atoms with Gasteiger partial charge in [-0.1, -0.05) is 0 Å². The second-order valence-corrected chi connectivity index (χ2v) is 9.11. The Labute approximate surface area is 184 Å². The topological polar surface area (TPSA) is 202 Å². The van der Waals surface area contributed by atoms with Gasteiger partial charge in [-0.3, -0.25) is 4.57 Å². The lowest BCUT2D eigenvalue weighted by Gasteiger charge is -2.40. The fraction of sp³-hybridized carbons (Fsp3) is 0.579. The van der Waals surface area contributed by atoms with Gasteiger partial charge in [0, 0.05) is 18.7 Å². The molecule has 13 heteroatoms. The van der Waals surface area contributed by atoms with E-state index in [1.54, 1.807) is 0 Å². The quantitative estimate of drug-likeness (QED) is 0.182. The molecular formula is C19H28N3O9P. The summed E-state index contributed by atoms with van der Waals surface area (Å²) in [5.74, 6) is 0.230. The number of rotatable bonds is 10. The Kier molecular flexibility index (Phi) is 9.86. The average molecular weight is 473 g/mol. The number of unbranched alkanes of at least 4 members (excludes halogenated alkanes) is 2. The van der Waals surface area contributed by atoms with Crippen LogP contribution in [0.3, 0.4) is 0 Å². The van der Waals surface area contributed by atoms with Crippen molar-refractivity contribution in [3.05, 3.63) is 24.3 Å². The molecule has 1 heterocycles. The van der Waals surface area contributed by atoms with Crippen LogP contribution < -0.4 is 15.4 Å². The van der Waals surface area contributed by atoms with Crippen LogP contribution in [-0.4, -0.2) is 74.6 Å². The summed E-state index contributed by atoms with van der Waals surface area (Å²) < 4.78 is 22.0. The Bertz CT molecular complexity index is 826. The molecule has 0 saturated carbocycles. The van der Waals surface area contributed by atoms with E-state index in [1.807, 2.05) is 6.07 Å². The van der Waals surface area contributed by atoms with Gasteiger partial charge in [-0.25, -0.2) is 4.79 Å². The number of aliphatic hydroxyl groups is 3. The van der Waals surface area contributed by atoms with Crippen LogP contribution in [0.1, 0.15) is 25.7 Å². The van der Waals surface area contributed by atoms with E-state index in [2.05, 4.69) is 10.6 Å². The van der Waals surface area contributed by atoms with Crippen LogP contribution >= 0.6 is 7.60 Å². The van der Waals surface area contributed by atoms with Gasteiger partial charge in [0.25, 0.3) is 0 Å². The summed E-state index contributed by atoms with van der Waals surface area (Å²) in [7, 11) is -4.34. The predicted octanol–water partition coefficient (Wildman–Crippen LogP) is 0.256. The molecule has 1 aromatic rings. The number of nitrogens with one attached hydrogen (secondary N) is 2. The zero-order valence-corrected chi connectivity index (χ0v) is 18.1. The number of nitriles is 1. The van der Waals surface area contributed by atoms with Crippen LogP contribution in [0, 0.1) is 11.3 Å². The van der Waals surface area contributed by atoms with Crippen molar-refractivity contribution in [3.63, 3.8) is 0 Å². The van der Waals surface area contributed by atoms with Crippen LogP contribution in [0.4, 0.5) is 10.5 Å². The van der Waals surface area contributed by atoms with Gasteiger partial charge in [0.05, 0.1) is 18.3 Å². The molecule has 2 rings (SSSR count). The highest BCUT2D eigenvalue weighted by Gasteiger charge is 2.45. The number of carbonyl (C=O) groups excluding carboxylic acids is 1. The number of amides is 2. The summed E-state index contributed by atoms with van der Waals surface area (Å²) in [6.07, 6.45) is -6.29. The van der Waals surface area contributed by atoms with E-state index in [-0.39, 0.29) is 12.2 Å². The summed E-state index contributed by atoms with van der Waals surface area (Å²) in [6.45, 7) is 0.434. The molecule has 1 aliphatic rings.